The van der Waals surface area contributed by atoms with Gasteiger partial charge in [-0.1, -0.05) is 20.8 Å². The van der Waals surface area contributed by atoms with Gasteiger partial charge in [-0.2, -0.15) is 4.98 Å². The number of H-pyrrole nitrogens is 1. The van der Waals surface area contributed by atoms with E-state index in [9.17, 15) is 4.79 Å². The molecule has 0 saturated heterocycles. The molecular weight excluding hydrogens is 240 g/mol. The summed E-state index contributed by atoms with van der Waals surface area (Å²) in [6.07, 6.45) is 4.21. The van der Waals surface area contributed by atoms with E-state index in [2.05, 4.69) is 41.3 Å². The maximum absolute atomic E-state index is 12.1. The number of hydrogen-bond acceptors (Lipinski definition) is 3. The fourth-order valence-electron chi connectivity index (χ4n) is 2.83. The number of aromatic nitrogens is 3. The number of amides is 1. The molecule has 0 atom stereocenters. The van der Waals surface area contributed by atoms with E-state index in [4.69, 9.17) is 0 Å². The third-order valence-corrected chi connectivity index (χ3v) is 4.15. The van der Waals surface area contributed by atoms with Gasteiger partial charge in [0.1, 0.15) is 5.82 Å². The van der Waals surface area contributed by atoms with Crippen molar-refractivity contribution in [3.05, 3.63) is 5.82 Å². The molecule has 5 heteroatoms. The zero-order valence-corrected chi connectivity index (χ0v) is 12.3. The van der Waals surface area contributed by atoms with Crippen LogP contribution in [0.1, 0.15) is 52.3 Å². The first-order valence-corrected chi connectivity index (χ1v) is 7.06. The Morgan fingerprint density at radius 2 is 1.89 bits per heavy atom. The first-order chi connectivity index (χ1) is 8.86. The highest BCUT2D eigenvalue weighted by Gasteiger charge is 2.32. The minimum atomic E-state index is 0.0614. The molecule has 1 aromatic heterocycles. The van der Waals surface area contributed by atoms with Crippen molar-refractivity contribution in [1.82, 2.24) is 15.2 Å². The van der Waals surface area contributed by atoms with Crippen LogP contribution in [0.4, 0.5) is 5.95 Å². The molecule has 0 radical (unpaired) electrons. The standard InChI is InChI=1S/C14H24N4O/c1-9-15-13(18-17-9)16-12(19)10-5-7-11(8-6-10)14(2,3)4/h10-11H,5-8H2,1-4H3,(H2,15,16,17,18,19). The van der Waals surface area contributed by atoms with Gasteiger partial charge in [0.2, 0.25) is 11.9 Å². The van der Waals surface area contributed by atoms with Gasteiger partial charge in [0, 0.05) is 5.92 Å². The van der Waals surface area contributed by atoms with E-state index in [1.54, 1.807) is 0 Å². The van der Waals surface area contributed by atoms with Crippen LogP contribution in [0.25, 0.3) is 0 Å². The van der Waals surface area contributed by atoms with Gasteiger partial charge < -0.3 is 0 Å². The Morgan fingerprint density at radius 1 is 1.26 bits per heavy atom. The Hall–Kier alpha value is -1.39. The van der Waals surface area contributed by atoms with Crippen LogP contribution in [-0.4, -0.2) is 21.1 Å². The SMILES string of the molecule is Cc1nc(NC(=O)C2CCC(C(C)(C)C)CC2)n[nH]1. The summed E-state index contributed by atoms with van der Waals surface area (Å²) in [5, 5.41) is 9.46. The molecule has 5 nitrogen and oxygen atoms in total. The van der Waals surface area contributed by atoms with Crippen molar-refractivity contribution < 1.29 is 4.79 Å². The average Bonchev–Trinajstić information content (AvgIpc) is 2.74. The van der Waals surface area contributed by atoms with Crippen molar-refractivity contribution >= 4 is 11.9 Å². The van der Waals surface area contributed by atoms with E-state index < -0.39 is 0 Å². The second kappa shape index (κ2) is 5.31. The first-order valence-electron chi connectivity index (χ1n) is 7.06. The molecule has 0 spiro atoms. The lowest BCUT2D eigenvalue weighted by molar-refractivity contribution is -0.121. The molecule has 0 bridgehead atoms. The second-order valence-corrected chi connectivity index (χ2v) is 6.65. The molecule has 106 valence electrons. The third-order valence-electron chi connectivity index (χ3n) is 4.15. The average molecular weight is 264 g/mol. The van der Waals surface area contributed by atoms with Crippen LogP contribution in [0.5, 0.6) is 0 Å². The zero-order valence-electron chi connectivity index (χ0n) is 12.3. The highest BCUT2D eigenvalue weighted by molar-refractivity contribution is 5.90. The molecular formula is C14H24N4O. The predicted octanol–water partition coefficient (Wildman–Crippen LogP) is 2.90. The summed E-state index contributed by atoms with van der Waals surface area (Å²) in [6.45, 7) is 8.68. The number of aryl methyl sites for hydroxylation is 1. The number of rotatable bonds is 2. The number of anilines is 1. The van der Waals surface area contributed by atoms with Crippen LogP contribution in [0.2, 0.25) is 0 Å². The van der Waals surface area contributed by atoms with E-state index in [-0.39, 0.29) is 11.8 Å². The van der Waals surface area contributed by atoms with E-state index >= 15 is 0 Å². The number of carbonyl (C=O) groups excluding carboxylic acids is 1. The van der Waals surface area contributed by atoms with Crippen LogP contribution < -0.4 is 5.32 Å². The summed E-state index contributed by atoms with van der Waals surface area (Å²) in [7, 11) is 0. The summed E-state index contributed by atoms with van der Waals surface area (Å²) in [6, 6.07) is 0. The molecule has 1 saturated carbocycles. The lowest BCUT2D eigenvalue weighted by Gasteiger charge is -2.36. The van der Waals surface area contributed by atoms with Gasteiger partial charge >= 0.3 is 0 Å². The molecule has 1 heterocycles. The monoisotopic (exact) mass is 264 g/mol. The molecule has 0 unspecified atom stereocenters. The summed E-state index contributed by atoms with van der Waals surface area (Å²) in [5.41, 5.74) is 0.350. The Morgan fingerprint density at radius 3 is 2.37 bits per heavy atom. The van der Waals surface area contributed by atoms with Gasteiger partial charge in [-0.05, 0) is 43.9 Å². The van der Waals surface area contributed by atoms with Crippen LogP contribution in [0.3, 0.4) is 0 Å². The largest absolute Gasteiger partial charge is 0.293 e. The summed E-state index contributed by atoms with van der Waals surface area (Å²) >= 11 is 0. The molecule has 0 aromatic carbocycles. The van der Waals surface area contributed by atoms with Crippen molar-refractivity contribution in [2.24, 2.45) is 17.3 Å². The van der Waals surface area contributed by atoms with E-state index in [1.165, 1.54) is 0 Å². The van der Waals surface area contributed by atoms with E-state index in [0.29, 0.717) is 17.2 Å². The smallest absolute Gasteiger partial charge is 0.248 e. The summed E-state index contributed by atoms with van der Waals surface area (Å²) in [4.78, 5) is 16.2. The van der Waals surface area contributed by atoms with Crippen LogP contribution in [0, 0.1) is 24.2 Å². The summed E-state index contributed by atoms with van der Waals surface area (Å²) < 4.78 is 0. The second-order valence-electron chi connectivity index (χ2n) is 6.65. The van der Waals surface area contributed by atoms with Crippen molar-refractivity contribution in [1.29, 1.82) is 0 Å². The number of carbonyl (C=O) groups is 1. The minimum Gasteiger partial charge on any atom is -0.293 e. The number of aromatic amines is 1. The van der Waals surface area contributed by atoms with Crippen molar-refractivity contribution in [2.45, 2.75) is 53.4 Å². The maximum atomic E-state index is 12.1. The van der Waals surface area contributed by atoms with Crippen LogP contribution in [-0.2, 0) is 4.79 Å². The van der Waals surface area contributed by atoms with Gasteiger partial charge in [-0.3, -0.25) is 15.2 Å². The molecule has 19 heavy (non-hydrogen) atoms. The third kappa shape index (κ3) is 3.55. The highest BCUT2D eigenvalue weighted by atomic mass is 16.2. The Bertz CT molecular complexity index is 439. The highest BCUT2D eigenvalue weighted by Crippen LogP contribution is 2.39. The fourth-order valence-corrected chi connectivity index (χ4v) is 2.83. The van der Waals surface area contributed by atoms with Crippen molar-refractivity contribution in [3.63, 3.8) is 0 Å². The summed E-state index contributed by atoms with van der Waals surface area (Å²) in [5.74, 6) is 2.00. The number of nitrogens with one attached hydrogen (secondary N) is 2. The van der Waals surface area contributed by atoms with Gasteiger partial charge in [-0.25, -0.2) is 0 Å². The molecule has 2 N–H and O–H groups in total. The van der Waals surface area contributed by atoms with Gasteiger partial charge in [0.25, 0.3) is 0 Å². The lowest BCUT2D eigenvalue weighted by Crippen LogP contribution is -2.31. The first kappa shape index (κ1) is 14.0. The topological polar surface area (TPSA) is 70.7 Å². The van der Waals surface area contributed by atoms with Gasteiger partial charge in [0.05, 0.1) is 0 Å². The normalized spacial score (nSPS) is 24.2. The Kier molecular flexibility index (Phi) is 3.92. The zero-order chi connectivity index (χ0) is 14.0. The van der Waals surface area contributed by atoms with Crippen molar-refractivity contribution in [3.8, 4) is 0 Å². The van der Waals surface area contributed by atoms with E-state index in [1.807, 2.05) is 6.92 Å². The number of hydrogen-bond donors (Lipinski definition) is 2. The molecule has 1 aromatic rings. The molecule has 0 aliphatic heterocycles. The van der Waals surface area contributed by atoms with E-state index in [0.717, 1.165) is 31.6 Å². The minimum absolute atomic E-state index is 0.0614. The molecule has 1 fully saturated rings. The maximum Gasteiger partial charge on any atom is 0.248 e. The van der Waals surface area contributed by atoms with Crippen LogP contribution in [0.15, 0.2) is 0 Å². The van der Waals surface area contributed by atoms with Crippen LogP contribution >= 0.6 is 0 Å². The predicted molar refractivity (Wildman–Crippen MR) is 74.7 cm³/mol. The molecule has 1 aliphatic rings. The quantitative estimate of drug-likeness (QED) is 0.862. The Labute approximate surface area is 114 Å². The lowest BCUT2D eigenvalue weighted by atomic mass is 9.70. The molecule has 1 amide bonds. The Balaban J connectivity index is 1.86. The molecule has 2 rings (SSSR count). The van der Waals surface area contributed by atoms with Gasteiger partial charge in [0.15, 0.2) is 0 Å². The van der Waals surface area contributed by atoms with Crippen molar-refractivity contribution in [2.75, 3.05) is 5.32 Å². The molecule has 1 aliphatic carbocycles. The fraction of sp³-hybridized carbons (Fsp3) is 0.786. The van der Waals surface area contributed by atoms with Gasteiger partial charge in [-0.15, -0.1) is 5.10 Å². The number of nitrogens with zero attached hydrogens (tertiary/aromatic N) is 2.